The van der Waals surface area contributed by atoms with Crippen LogP contribution in [0.4, 0.5) is 4.39 Å². The number of hydrogen-bond acceptors (Lipinski definition) is 2. The molecule has 0 amide bonds. The topological polar surface area (TPSA) is 23.5 Å². The molecule has 0 aromatic heterocycles. The van der Waals surface area contributed by atoms with E-state index in [0.717, 1.165) is 12.1 Å². The molecule has 0 aliphatic carbocycles. The van der Waals surface area contributed by atoms with Crippen LogP contribution < -0.4 is 0 Å². The highest BCUT2D eigenvalue weighted by atomic mass is 19.1. The summed E-state index contributed by atoms with van der Waals surface area (Å²) in [4.78, 5) is 2.00. The number of aliphatic hydroxyl groups excluding tert-OH is 1. The van der Waals surface area contributed by atoms with E-state index in [1.54, 1.807) is 12.1 Å². The minimum atomic E-state index is -0.349. The average Bonchev–Trinajstić information content (AvgIpc) is 2.18. The van der Waals surface area contributed by atoms with E-state index in [1.807, 2.05) is 19.0 Å². The van der Waals surface area contributed by atoms with E-state index in [0.29, 0.717) is 5.56 Å². The highest BCUT2D eigenvalue weighted by molar-refractivity contribution is 5.38. The monoisotopic (exact) mass is 207 g/mol. The van der Waals surface area contributed by atoms with Crippen molar-refractivity contribution in [1.82, 2.24) is 4.90 Å². The smallest absolute Gasteiger partial charge is 0.138 e. The van der Waals surface area contributed by atoms with Gasteiger partial charge in [-0.2, -0.15) is 0 Å². The van der Waals surface area contributed by atoms with Gasteiger partial charge >= 0.3 is 0 Å². The van der Waals surface area contributed by atoms with E-state index in [9.17, 15) is 4.39 Å². The molecule has 1 aromatic rings. The maximum Gasteiger partial charge on any atom is 0.138 e. The van der Waals surface area contributed by atoms with Gasteiger partial charge in [0.2, 0.25) is 0 Å². The van der Waals surface area contributed by atoms with Crippen LogP contribution in [0.3, 0.4) is 0 Å². The first-order chi connectivity index (χ1) is 7.13. The molecule has 3 heteroatoms. The molecule has 0 bridgehead atoms. The number of nitrogens with zero attached hydrogens (tertiary/aromatic N) is 1. The van der Waals surface area contributed by atoms with Crippen LogP contribution >= 0.6 is 0 Å². The molecule has 15 heavy (non-hydrogen) atoms. The van der Waals surface area contributed by atoms with Crippen molar-refractivity contribution in [3.8, 4) is 11.8 Å². The lowest BCUT2D eigenvalue weighted by Crippen LogP contribution is -2.10. The number of halogens is 1. The summed E-state index contributed by atoms with van der Waals surface area (Å²) < 4.78 is 13.2. The molecule has 0 atom stereocenters. The molecule has 0 radical (unpaired) electrons. The third-order valence-corrected chi connectivity index (χ3v) is 1.83. The molecular formula is C12H14FNO. The Labute approximate surface area is 89.3 Å². The van der Waals surface area contributed by atoms with Crippen molar-refractivity contribution in [2.75, 3.05) is 20.7 Å². The maximum absolute atomic E-state index is 13.2. The molecule has 0 unspecified atom stereocenters. The normalized spacial score (nSPS) is 9.93. The van der Waals surface area contributed by atoms with E-state index >= 15 is 0 Å². The van der Waals surface area contributed by atoms with E-state index in [1.165, 1.54) is 6.07 Å². The predicted molar refractivity (Wildman–Crippen MR) is 57.8 cm³/mol. The van der Waals surface area contributed by atoms with Gasteiger partial charge in [0.1, 0.15) is 12.4 Å². The van der Waals surface area contributed by atoms with Crippen molar-refractivity contribution < 1.29 is 9.50 Å². The summed E-state index contributed by atoms with van der Waals surface area (Å²) in [6.45, 7) is 0.492. The lowest BCUT2D eigenvalue weighted by Gasteiger charge is -2.09. The van der Waals surface area contributed by atoms with Crippen LogP contribution in [0.1, 0.15) is 11.1 Å². The zero-order valence-corrected chi connectivity index (χ0v) is 8.92. The Morgan fingerprint density at radius 3 is 2.73 bits per heavy atom. The molecule has 0 spiro atoms. The van der Waals surface area contributed by atoms with Crippen molar-refractivity contribution in [3.05, 3.63) is 35.1 Å². The third kappa shape index (κ3) is 3.70. The highest BCUT2D eigenvalue weighted by Gasteiger charge is 2.01. The molecule has 0 fully saturated rings. The van der Waals surface area contributed by atoms with Crippen molar-refractivity contribution in [3.63, 3.8) is 0 Å². The van der Waals surface area contributed by atoms with Gasteiger partial charge in [-0.05, 0) is 31.8 Å². The molecule has 0 aliphatic rings. The first-order valence-electron chi connectivity index (χ1n) is 4.66. The maximum atomic E-state index is 13.2. The summed E-state index contributed by atoms with van der Waals surface area (Å²) in [7, 11) is 3.89. The Kier molecular flexibility index (Phi) is 4.29. The van der Waals surface area contributed by atoms with E-state index in [-0.39, 0.29) is 12.4 Å². The summed E-state index contributed by atoms with van der Waals surface area (Å²) in [5.41, 5.74) is 1.34. The van der Waals surface area contributed by atoms with Crippen molar-refractivity contribution in [2.45, 2.75) is 6.54 Å². The Balaban J connectivity index is 2.94. The lowest BCUT2D eigenvalue weighted by molar-refractivity contribution is 0.350. The van der Waals surface area contributed by atoms with Crippen molar-refractivity contribution in [2.24, 2.45) is 0 Å². The first-order valence-corrected chi connectivity index (χ1v) is 4.66. The molecule has 0 saturated carbocycles. The standard InChI is InChI=1S/C12H14FNO/c1-14(2)9-10-5-6-12(13)11(8-10)4-3-7-15/h5-6,8,15H,7,9H2,1-2H3. The Hall–Kier alpha value is -1.37. The first kappa shape index (κ1) is 11.7. The van der Waals surface area contributed by atoms with Gasteiger partial charge in [-0.25, -0.2) is 4.39 Å². The van der Waals surface area contributed by atoms with Crippen LogP contribution in [0.15, 0.2) is 18.2 Å². The molecular weight excluding hydrogens is 193 g/mol. The van der Waals surface area contributed by atoms with Gasteiger partial charge in [0, 0.05) is 6.54 Å². The van der Waals surface area contributed by atoms with Gasteiger partial charge in [-0.15, -0.1) is 0 Å². The summed E-state index contributed by atoms with van der Waals surface area (Å²) >= 11 is 0. The summed E-state index contributed by atoms with van der Waals surface area (Å²) in [6, 6.07) is 4.84. The van der Waals surface area contributed by atoms with E-state index in [4.69, 9.17) is 5.11 Å². The quantitative estimate of drug-likeness (QED) is 0.737. The second-order valence-electron chi connectivity index (χ2n) is 3.51. The van der Waals surface area contributed by atoms with Gasteiger partial charge in [-0.1, -0.05) is 17.9 Å². The van der Waals surface area contributed by atoms with Crippen molar-refractivity contribution >= 4 is 0 Å². The fourth-order valence-corrected chi connectivity index (χ4v) is 1.27. The Morgan fingerprint density at radius 1 is 1.40 bits per heavy atom. The molecule has 2 nitrogen and oxygen atoms in total. The number of benzene rings is 1. The van der Waals surface area contributed by atoms with Gasteiger partial charge in [0.05, 0.1) is 5.56 Å². The lowest BCUT2D eigenvalue weighted by atomic mass is 10.1. The number of aliphatic hydroxyl groups is 1. The second-order valence-corrected chi connectivity index (χ2v) is 3.51. The van der Waals surface area contributed by atoms with Crippen LogP contribution in [0, 0.1) is 17.7 Å². The summed E-state index contributed by atoms with van der Waals surface area (Å²) in [5, 5.41) is 8.53. The fraction of sp³-hybridized carbons (Fsp3) is 0.333. The molecule has 0 heterocycles. The number of rotatable bonds is 2. The van der Waals surface area contributed by atoms with E-state index in [2.05, 4.69) is 11.8 Å². The minimum Gasteiger partial charge on any atom is -0.384 e. The van der Waals surface area contributed by atoms with Crippen LogP contribution in [0.5, 0.6) is 0 Å². The Bertz CT molecular complexity index is 390. The summed E-state index contributed by atoms with van der Waals surface area (Å²) in [5.74, 6) is 4.67. The van der Waals surface area contributed by atoms with Crippen LogP contribution in [0.2, 0.25) is 0 Å². The zero-order valence-electron chi connectivity index (χ0n) is 8.92. The summed E-state index contributed by atoms with van der Waals surface area (Å²) in [6.07, 6.45) is 0. The second kappa shape index (κ2) is 5.50. The van der Waals surface area contributed by atoms with Gasteiger partial charge in [0.15, 0.2) is 0 Å². The fourth-order valence-electron chi connectivity index (χ4n) is 1.27. The van der Waals surface area contributed by atoms with Crippen LogP contribution in [-0.4, -0.2) is 30.7 Å². The molecule has 0 aliphatic heterocycles. The highest BCUT2D eigenvalue weighted by Crippen LogP contribution is 2.10. The molecule has 80 valence electrons. The van der Waals surface area contributed by atoms with Crippen molar-refractivity contribution in [1.29, 1.82) is 0 Å². The third-order valence-electron chi connectivity index (χ3n) is 1.83. The molecule has 1 aromatic carbocycles. The Morgan fingerprint density at radius 2 is 2.13 bits per heavy atom. The van der Waals surface area contributed by atoms with E-state index < -0.39 is 0 Å². The van der Waals surface area contributed by atoms with Crippen LogP contribution in [-0.2, 0) is 6.54 Å². The SMILES string of the molecule is CN(C)Cc1ccc(F)c(C#CCO)c1. The minimum absolute atomic E-state index is 0.253. The molecule has 1 N–H and O–H groups in total. The van der Waals surface area contributed by atoms with Gasteiger partial charge < -0.3 is 10.0 Å². The van der Waals surface area contributed by atoms with Gasteiger partial charge in [-0.3, -0.25) is 0 Å². The number of hydrogen-bond donors (Lipinski definition) is 1. The van der Waals surface area contributed by atoms with Crippen LogP contribution in [0.25, 0.3) is 0 Å². The predicted octanol–water partition coefficient (Wildman–Crippen LogP) is 1.23. The average molecular weight is 207 g/mol. The largest absolute Gasteiger partial charge is 0.384 e. The van der Waals surface area contributed by atoms with Gasteiger partial charge in [0.25, 0.3) is 0 Å². The molecule has 1 rings (SSSR count). The zero-order chi connectivity index (χ0) is 11.3. The molecule has 0 saturated heterocycles.